The molecule has 3 heterocycles. The summed E-state index contributed by atoms with van der Waals surface area (Å²) in [6.07, 6.45) is 5.45. The van der Waals surface area contributed by atoms with E-state index in [4.69, 9.17) is 0 Å². The molecule has 0 saturated carbocycles. The van der Waals surface area contributed by atoms with Crippen LogP contribution < -0.4 is 0 Å². The van der Waals surface area contributed by atoms with Crippen molar-refractivity contribution >= 4 is 5.52 Å². The van der Waals surface area contributed by atoms with Gasteiger partial charge in [-0.05, 0) is 45.4 Å². The van der Waals surface area contributed by atoms with Gasteiger partial charge in [-0.25, -0.2) is 4.98 Å². The SMILES string of the molecule is CC(C)N1CCCCC1c1ncc2cccc(O)n12. The van der Waals surface area contributed by atoms with E-state index in [1.165, 1.54) is 12.8 Å². The van der Waals surface area contributed by atoms with Gasteiger partial charge in [0.25, 0.3) is 0 Å². The van der Waals surface area contributed by atoms with Crippen molar-refractivity contribution in [3.8, 4) is 5.88 Å². The zero-order valence-electron chi connectivity index (χ0n) is 11.6. The summed E-state index contributed by atoms with van der Waals surface area (Å²) in [5.74, 6) is 1.25. The van der Waals surface area contributed by atoms with Gasteiger partial charge >= 0.3 is 0 Å². The molecule has 4 nitrogen and oxygen atoms in total. The predicted octanol–water partition coefficient (Wildman–Crippen LogP) is 2.98. The summed E-state index contributed by atoms with van der Waals surface area (Å²) in [5, 5.41) is 10.1. The number of aromatic nitrogens is 2. The first kappa shape index (κ1) is 12.5. The van der Waals surface area contributed by atoms with E-state index in [2.05, 4.69) is 23.7 Å². The molecule has 1 unspecified atom stereocenters. The van der Waals surface area contributed by atoms with Crippen LogP contribution in [0.2, 0.25) is 0 Å². The van der Waals surface area contributed by atoms with Crippen LogP contribution in [0.5, 0.6) is 5.88 Å². The maximum absolute atomic E-state index is 10.1. The van der Waals surface area contributed by atoms with Crippen LogP contribution in [0.3, 0.4) is 0 Å². The Kier molecular flexibility index (Phi) is 3.19. The van der Waals surface area contributed by atoms with Crippen molar-refractivity contribution in [2.45, 2.75) is 45.2 Å². The molecule has 0 amide bonds. The molecule has 1 saturated heterocycles. The highest BCUT2D eigenvalue weighted by Gasteiger charge is 2.29. The lowest BCUT2D eigenvalue weighted by molar-refractivity contribution is 0.105. The van der Waals surface area contributed by atoms with Crippen LogP contribution in [0, 0.1) is 0 Å². The Hall–Kier alpha value is -1.55. The quantitative estimate of drug-likeness (QED) is 0.901. The Balaban J connectivity index is 2.07. The largest absolute Gasteiger partial charge is 0.494 e. The standard InChI is InChI=1S/C15H21N3O/c1-11(2)17-9-4-3-7-13(17)15-16-10-12-6-5-8-14(19)18(12)15/h5-6,8,10-11,13,19H,3-4,7,9H2,1-2H3. The number of piperidine rings is 1. The summed E-state index contributed by atoms with van der Waals surface area (Å²) in [5.41, 5.74) is 0.962. The van der Waals surface area contributed by atoms with Gasteiger partial charge in [0.15, 0.2) is 5.88 Å². The smallest absolute Gasteiger partial charge is 0.197 e. The predicted molar refractivity (Wildman–Crippen MR) is 75.3 cm³/mol. The summed E-state index contributed by atoms with van der Waals surface area (Å²) < 4.78 is 1.88. The highest BCUT2D eigenvalue weighted by molar-refractivity contribution is 5.49. The van der Waals surface area contributed by atoms with Crippen molar-refractivity contribution < 1.29 is 5.11 Å². The Labute approximate surface area is 113 Å². The van der Waals surface area contributed by atoms with Gasteiger partial charge in [-0.15, -0.1) is 0 Å². The fourth-order valence-electron chi connectivity index (χ4n) is 3.14. The molecule has 1 atom stereocenters. The third-order valence-electron chi connectivity index (χ3n) is 4.06. The second-order valence-electron chi connectivity index (χ2n) is 5.60. The average Bonchev–Trinajstić information content (AvgIpc) is 2.84. The fraction of sp³-hybridized carbons (Fsp3) is 0.533. The zero-order valence-corrected chi connectivity index (χ0v) is 11.6. The van der Waals surface area contributed by atoms with Crippen LogP contribution in [0.25, 0.3) is 5.52 Å². The molecule has 0 aliphatic carbocycles. The van der Waals surface area contributed by atoms with Crippen molar-refractivity contribution in [2.24, 2.45) is 0 Å². The van der Waals surface area contributed by atoms with Gasteiger partial charge < -0.3 is 5.11 Å². The zero-order chi connectivity index (χ0) is 13.4. The molecule has 1 N–H and O–H groups in total. The number of pyridine rings is 1. The van der Waals surface area contributed by atoms with Crippen LogP contribution in [-0.4, -0.2) is 32.0 Å². The van der Waals surface area contributed by atoms with Gasteiger partial charge in [-0.2, -0.15) is 0 Å². The van der Waals surface area contributed by atoms with Gasteiger partial charge in [-0.1, -0.05) is 12.5 Å². The van der Waals surface area contributed by atoms with Crippen molar-refractivity contribution in [1.29, 1.82) is 0 Å². The molecule has 3 rings (SSSR count). The number of hydrogen-bond acceptors (Lipinski definition) is 3. The number of likely N-dealkylation sites (tertiary alicyclic amines) is 1. The molecule has 2 aromatic rings. The number of nitrogens with zero attached hydrogens (tertiary/aromatic N) is 3. The van der Waals surface area contributed by atoms with Gasteiger partial charge in [0, 0.05) is 6.04 Å². The van der Waals surface area contributed by atoms with Gasteiger partial charge in [0.05, 0.1) is 17.8 Å². The van der Waals surface area contributed by atoms with E-state index in [-0.39, 0.29) is 5.88 Å². The minimum atomic E-state index is 0.277. The average molecular weight is 259 g/mol. The molecule has 0 aromatic carbocycles. The van der Waals surface area contributed by atoms with Crippen molar-refractivity contribution in [3.05, 3.63) is 30.2 Å². The summed E-state index contributed by atoms with van der Waals surface area (Å²) in [6.45, 7) is 5.58. The Morgan fingerprint density at radius 1 is 1.32 bits per heavy atom. The maximum Gasteiger partial charge on any atom is 0.197 e. The van der Waals surface area contributed by atoms with Crippen molar-refractivity contribution in [3.63, 3.8) is 0 Å². The summed E-state index contributed by atoms with van der Waals surface area (Å²) in [6, 6.07) is 6.38. The molecule has 1 aliphatic heterocycles. The van der Waals surface area contributed by atoms with E-state index in [9.17, 15) is 5.11 Å². The number of aromatic hydroxyl groups is 1. The summed E-state index contributed by atoms with van der Waals surface area (Å²) >= 11 is 0. The lowest BCUT2D eigenvalue weighted by Crippen LogP contribution is -2.39. The number of rotatable bonds is 2. The van der Waals surface area contributed by atoms with Gasteiger partial charge in [0.2, 0.25) is 0 Å². The molecular formula is C15H21N3O. The Morgan fingerprint density at radius 2 is 2.16 bits per heavy atom. The Morgan fingerprint density at radius 3 is 2.95 bits per heavy atom. The second kappa shape index (κ2) is 4.85. The lowest BCUT2D eigenvalue weighted by Gasteiger charge is -2.37. The van der Waals surface area contributed by atoms with Crippen LogP contribution in [0.15, 0.2) is 24.4 Å². The number of hydrogen-bond donors (Lipinski definition) is 1. The third kappa shape index (κ3) is 2.10. The van der Waals surface area contributed by atoms with E-state index < -0.39 is 0 Å². The molecule has 4 heteroatoms. The fourth-order valence-corrected chi connectivity index (χ4v) is 3.14. The minimum absolute atomic E-state index is 0.277. The van der Waals surface area contributed by atoms with Crippen LogP contribution in [0.1, 0.15) is 45.0 Å². The summed E-state index contributed by atoms with van der Waals surface area (Å²) in [4.78, 5) is 7.06. The first-order valence-electron chi connectivity index (χ1n) is 7.09. The maximum atomic E-state index is 10.1. The molecular weight excluding hydrogens is 238 g/mol. The molecule has 0 spiro atoms. The highest BCUT2D eigenvalue weighted by Crippen LogP contribution is 2.33. The van der Waals surface area contributed by atoms with Gasteiger partial charge in [-0.3, -0.25) is 9.30 Å². The van der Waals surface area contributed by atoms with E-state index in [0.717, 1.165) is 24.3 Å². The molecule has 1 fully saturated rings. The van der Waals surface area contributed by atoms with Crippen LogP contribution in [-0.2, 0) is 0 Å². The number of imidazole rings is 1. The monoisotopic (exact) mass is 259 g/mol. The van der Waals surface area contributed by atoms with E-state index in [1.54, 1.807) is 6.07 Å². The molecule has 0 radical (unpaired) electrons. The van der Waals surface area contributed by atoms with E-state index in [0.29, 0.717) is 12.1 Å². The summed E-state index contributed by atoms with van der Waals surface area (Å²) in [7, 11) is 0. The van der Waals surface area contributed by atoms with Crippen molar-refractivity contribution in [1.82, 2.24) is 14.3 Å². The normalized spacial score (nSPS) is 21.3. The minimum Gasteiger partial charge on any atom is -0.494 e. The first-order chi connectivity index (χ1) is 9.18. The second-order valence-corrected chi connectivity index (χ2v) is 5.60. The number of fused-ring (bicyclic) bond motifs is 1. The molecule has 1 aliphatic rings. The van der Waals surface area contributed by atoms with Gasteiger partial charge in [0.1, 0.15) is 5.82 Å². The molecule has 102 valence electrons. The first-order valence-corrected chi connectivity index (χ1v) is 7.09. The van der Waals surface area contributed by atoms with Crippen molar-refractivity contribution in [2.75, 3.05) is 6.54 Å². The topological polar surface area (TPSA) is 40.8 Å². The molecule has 2 aromatic heterocycles. The molecule has 19 heavy (non-hydrogen) atoms. The van der Waals surface area contributed by atoms with Crippen LogP contribution >= 0.6 is 0 Å². The highest BCUT2D eigenvalue weighted by atomic mass is 16.3. The van der Waals surface area contributed by atoms with E-state index in [1.807, 2.05) is 22.7 Å². The molecule has 0 bridgehead atoms. The lowest BCUT2D eigenvalue weighted by atomic mass is 10.00. The van der Waals surface area contributed by atoms with E-state index >= 15 is 0 Å². The Bertz CT molecular complexity index is 576. The third-order valence-corrected chi connectivity index (χ3v) is 4.06. The van der Waals surface area contributed by atoms with Crippen LogP contribution in [0.4, 0.5) is 0 Å².